The zero-order valence-electron chi connectivity index (χ0n) is 5.27. The lowest BCUT2D eigenvalue weighted by Crippen LogP contribution is -2.07. The Balaban J connectivity index is 3.34. The lowest BCUT2D eigenvalue weighted by atomic mass is 10.2. The molecule has 2 heteroatoms. The molecule has 47 valence electrons. The van der Waals surface area contributed by atoms with E-state index in [1.165, 1.54) is 0 Å². The average molecular weight is 122 g/mol. The maximum absolute atomic E-state index is 10.7. The molecule has 9 heavy (non-hydrogen) atoms. The third-order valence-electron chi connectivity index (χ3n) is 1.15. The topological polar surface area (TPSA) is 32.9 Å². The fraction of sp³-hybridized carbons (Fsp3) is 0.143. The van der Waals surface area contributed by atoms with E-state index in [-0.39, 0.29) is 5.56 Å². The van der Waals surface area contributed by atoms with Crippen LogP contribution in [0.1, 0.15) is 11.1 Å². The summed E-state index contributed by atoms with van der Waals surface area (Å²) in [5, 5.41) is 0. The highest BCUT2D eigenvalue weighted by atomic mass is 16.1. The Morgan fingerprint density at radius 1 is 1.67 bits per heavy atom. The van der Waals surface area contributed by atoms with Gasteiger partial charge in [-0.1, -0.05) is 0 Å². The maximum atomic E-state index is 10.7. The normalized spacial score (nSPS) is 9.56. The molecule has 0 atom stereocenters. The van der Waals surface area contributed by atoms with Crippen LogP contribution in [0.2, 0.25) is 0 Å². The van der Waals surface area contributed by atoms with Crippen molar-refractivity contribution in [3.63, 3.8) is 0 Å². The molecule has 0 aromatic carbocycles. The first-order chi connectivity index (χ1) is 4.20. The van der Waals surface area contributed by atoms with E-state index in [2.05, 4.69) is 11.9 Å². The van der Waals surface area contributed by atoms with Crippen molar-refractivity contribution in [1.82, 2.24) is 4.98 Å². The summed E-state index contributed by atoms with van der Waals surface area (Å²) in [6.07, 6.45) is 1.59. The van der Waals surface area contributed by atoms with Crippen molar-refractivity contribution in [2.75, 3.05) is 0 Å². The Morgan fingerprint density at radius 3 is 2.78 bits per heavy atom. The monoisotopic (exact) mass is 122 g/mol. The van der Waals surface area contributed by atoms with Gasteiger partial charge in [0.05, 0.1) is 0 Å². The molecule has 0 fully saturated rings. The van der Waals surface area contributed by atoms with Gasteiger partial charge in [-0.15, -0.1) is 0 Å². The fourth-order valence-electron chi connectivity index (χ4n) is 0.657. The Labute approximate surface area is 53.5 Å². The summed E-state index contributed by atoms with van der Waals surface area (Å²) >= 11 is 0. The minimum Gasteiger partial charge on any atom is -0.329 e. The van der Waals surface area contributed by atoms with Gasteiger partial charge in [-0.25, -0.2) is 0 Å². The SMILES string of the molecule is [CH2]c1c[nH]c(=O)c(C)c1. The van der Waals surface area contributed by atoms with E-state index in [1.54, 1.807) is 19.2 Å². The molecule has 1 N–H and O–H groups in total. The van der Waals surface area contributed by atoms with Crippen molar-refractivity contribution in [3.8, 4) is 0 Å². The molecular weight excluding hydrogens is 114 g/mol. The molecular formula is C7H8NO. The minimum atomic E-state index is -0.0394. The fourth-order valence-corrected chi connectivity index (χ4v) is 0.657. The van der Waals surface area contributed by atoms with Crippen molar-refractivity contribution in [3.05, 3.63) is 40.7 Å². The first kappa shape index (κ1) is 6.08. The van der Waals surface area contributed by atoms with Gasteiger partial charge in [-0.3, -0.25) is 4.79 Å². The summed E-state index contributed by atoms with van der Waals surface area (Å²) < 4.78 is 0. The quantitative estimate of drug-likeness (QED) is 0.544. The molecule has 1 radical (unpaired) electrons. The summed E-state index contributed by atoms with van der Waals surface area (Å²) in [6, 6.07) is 1.75. The van der Waals surface area contributed by atoms with Gasteiger partial charge >= 0.3 is 0 Å². The van der Waals surface area contributed by atoms with Gasteiger partial charge in [0.2, 0.25) is 0 Å². The van der Waals surface area contributed by atoms with E-state index in [0.29, 0.717) is 5.56 Å². The van der Waals surface area contributed by atoms with E-state index in [9.17, 15) is 4.79 Å². The van der Waals surface area contributed by atoms with E-state index in [4.69, 9.17) is 0 Å². The van der Waals surface area contributed by atoms with E-state index < -0.39 is 0 Å². The molecule has 0 bridgehead atoms. The van der Waals surface area contributed by atoms with Crippen LogP contribution in [-0.2, 0) is 0 Å². The molecule has 2 nitrogen and oxygen atoms in total. The molecule has 1 heterocycles. The molecule has 0 aliphatic heterocycles. The number of aromatic nitrogens is 1. The van der Waals surface area contributed by atoms with Gasteiger partial charge in [-0.05, 0) is 25.5 Å². The zero-order valence-corrected chi connectivity index (χ0v) is 5.27. The number of aryl methyl sites for hydroxylation is 1. The van der Waals surface area contributed by atoms with E-state index >= 15 is 0 Å². The average Bonchev–Trinajstić information content (AvgIpc) is 1.80. The Hall–Kier alpha value is -1.05. The third-order valence-corrected chi connectivity index (χ3v) is 1.15. The Kier molecular flexibility index (Phi) is 1.39. The highest BCUT2D eigenvalue weighted by Gasteiger charge is 1.89. The lowest BCUT2D eigenvalue weighted by Gasteiger charge is -1.90. The van der Waals surface area contributed by atoms with Crippen LogP contribution in [0.15, 0.2) is 17.1 Å². The first-order valence-corrected chi connectivity index (χ1v) is 2.71. The predicted molar refractivity (Wildman–Crippen MR) is 36.3 cm³/mol. The maximum Gasteiger partial charge on any atom is 0.250 e. The molecule has 1 aromatic heterocycles. The highest BCUT2D eigenvalue weighted by Crippen LogP contribution is 1.92. The number of aromatic amines is 1. The van der Waals surface area contributed by atoms with Crippen LogP contribution in [0, 0.1) is 13.8 Å². The molecule has 0 unspecified atom stereocenters. The van der Waals surface area contributed by atoms with Gasteiger partial charge in [0, 0.05) is 11.8 Å². The van der Waals surface area contributed by atoms with Gasteiger partial charge in [-0.2, -0.15) is 0 Å². The molecule has 0 amide bonds. The smallest absolute Gasteiger partial charge is 0.250 e. The van der Waals surface area contributed by atoms with Crippen LogP contribution in [0.25, 0.3) is 0 Å². The zero-order chi connectivity index (χ0) is 6.85. The second-order valence-corrected chi connectivity index (χ2v) is 2.02. The molecule has 0 aliphatic carbocycles. The van der Waals surface area contributed by atoms with E-state index in [1.807, 2.05) is 0 Å². The number of H-pyrrole nitrogens is 1. The van der Waals surface area contributed by atoms with Crippen molar-refractivity contribution in [1.29, 1.82) is 0 Å². The third kappa shape index (κ3) is 1.19. The standard InChI is InChI=1S/C7H8NO/c1-5-3-6(2)7(9)8-4-5/h3-4H,1H2,2H3,(H,8,9). The van der Waals surface area contributed by atoms with Gasteiger partial charge in [0.25, 0.3) is 5.56 Å². The Bertz CT molecular complexity index is 262. The first-order valence-electron chi connectivity index (χ1n) is 2.71. The minimum absolute atomic E-state index is 0.0394. The van der Waals surface area contributed by atoms with Crippen LogP contribution in [0.5, 0.6) is 0 Å². The van der Waals surface area contributed by atoms with Crippen molar-refractivity contribution >= 4 is 0 Å². The summed E-state index contributed by atoms with van der Waals surface area (Å²) in [5.74, 6) is 0. The van der Waals surface area contributed by atoms with Crippen LogP contribution in [0.4, 0.5) is 0 Å². The number of hydrogen-bond donors (Lipinski definition) is 1. The summed E-state index contributed by atoms with van der Waals surface area (Å²) in [4.78, 5) is 13.2. The molecule has 0 saturated heterocycles. The number of hydrogen-bond acceptors (Lipinski definition) is 1. The predicted octanol–water partition coefficient (Wildman–Crippen LogP) is 0.866. The summed E-state index contributed by atoms with van der Waals surface area (Å²) in [7, 11) is 0. The van der Waals surface area contributed by atoms with Crippen molar-refractivity contribution in [2.24, 2.45) is 0 Å². The lowest BCUT2D eigenvalue weighted by molar-refractivity contribution is 1.17. The number of rotatable bonds is 0. The second kappa shape index (κ2) is 2.05. The van der Waals surface area contributed by atoms with Crippen LogP contribution < -0.4 is 5.56 Å². The second-order valence-electron chi connectivity index (χ2n) is 2.02. The summed E-state index contributed by atoms with van der Waals surface area (Å²) in [6.45, 7) is 5.41. The van der Waals surface area contributed by atoms with Gasteiger partial charge in [0.15, 0.2) is 0 Å². The molecule has 0 spiro atoms. The molecule has 0 saturated carbocycles. The van der Waals surface area contributed by atoms with Gasteiger partial charge in [0.1, 0.15) is 0 Å². The summed E-state index contributed by atoms with van der Waals surface area (Å²) in [5.41, 5.74) is 1.51. The number of pyridine rings is 1. The molecule has 1 aromatic rings. The Morgan fingerprint density at radius 2 is 2.33 bits per heavy atom. The number of nitrogens with one attached hydrogen (secondary N) is 1. The molecule has 0 aliphatic rings. The highest BCUT2D eigenvalue weighted by molar-refractivity contribution is 5.18. The van der Waals surface area contributed by atoms with Crippen LogP contribution in [0.3, 0.4) is 0 Å². The van der Waals surface area contributed by atoms with Crippen LogP contribution >= 0.6 is 0 Å². The largest absolute Gasteiger partial charge is 0.329 e. The van der Waals surface area contributed by atoms with Crippen molar-refractivity contribution in [2.45, 2.75) is 6.92 Å². The van der Waals surface area contributed by atoms with Gasteiger partial charge < -0.3 is 4.98 Å². The van der Waals surface area contributed by atoms with Crippen LogP contribution in [-0.4, -0.2) is 4.98 Å². The van der Waals surface area contributed by atoms with E-state index in [0.717, 1.165) is 5.56 Å². The molecule has 1 rings (SSSR count). The van der Waals surface area contributed by atoms with Crippen molar-refractivity contribution < 1.29 is 0 Å².